The molecule has 16 heteroatoms. The van der Waals surface area contributed by atoms with E-state index in [1.807, 2.05) is 37.3 Å². The molecular weight excluding hydrogens is 696 g/mol. The number of carbonyl (C=O) groups is 6. The van der Waals surface area contributed by atoms with Crippen molar-refractivity contribution in [3.8, 4) is 0 Å². The van der Waals surface area contributed by atoms with Gasteiger partial charge in [0.2, 0.25) is 23.6 Å². The van der Waals surface area contributed by atoms with E-state index in [0.29, 0.717) is 50.9 Å². The highest BCUT2D eigenvalue weighted by Gasteiger charge is 2.46. The van der Waals surface area contributed by atoms with Crippen LogP contribution in [0.3, 0.4) is 0 Å². The highest BCUT2D eigenvalue weighted by Crippen LogP contribution is 2.29. The summed E-state index contributed by atoms with van der Waals surface area (Å²) in [7, 11) is 0. The van der Waals surface area contributed by atoms with Crippen LogP contribution in [0.2, 0.25) is 0 Å². The third kappa shape index (κ3) is 8.98. The Morgan fingerprint density at radius 1 is 0.944 bits per heavy atom. The lowest BCUT2D eigenvalue weighted by molar-refractivity contribution is -0.159. The van der Waals surface area contributed by atoms with E-state index < -0.39 is 78.8 Å². The average Bonchev–Trinajstić information content (AvgIpc) is 3.83. The van der Waals surface area contributed by atoms with Gasteiger partial charge in [0.15, 0.2) is 0 Å². The predicted molar refractivity (Wildman–Crippen MR) is 195 cm³/mol. The lowest BCUT2D eigenvalue weighted by Gasteiger charge is -2.40. The Labute approximate surface area is 314 Å². The van der Waals surface area contributed by atoms with Crippen LogP contribution in [0.5, 0.6) is 0 Å². The number of carbonyl (C=O) groups excluding carboxylic acids is 6. The van der Waals surface area contributed by atoms with Crippen LogP contribution in [0.1, 0.15) is 57.9 Å². The molecule has 290 valence electrons. The van der Waals surface area contributed by atoms with E-state index in [-0.39, 0.29) is 24.8 Å². The smallest absolute Gasteiger partial charge is 0.328 e. The fraction of sp³-hybridized carbons (Fsp3) is 0.553. The van der Waals surface area contributed by atoms with E-state index in [1.165, 1.54) is 11.1 Å². The lowest BCUT2D eigenvalue weighted by Crippen LogP contribution is -2.63. The van der Waals surface area contributed by atoms with Crippen molar-refractivity contribution in [1.82, 2.24) is 35.6 Å². The number of nitrogens with zero attached hydrogens (tertiary/aromatic N) is 4. The molecule has 1 aromatic heterocycles. The van der Waals surface area contributed by atoms with Crippen molar-refractivity contribution in [2.24, 2.45) is 5.92 Å². The van der Waals surface area contributed by atoms with Crippen LogP contribution in [0.4, 0.5) is 10.5 Å². The van der Waals surface area contributed by atoms with Gasteiger partial charge in [-0.15, -0.1) is 0 Å². The molecule has 1 aromatic carbocycles. The van der Waals surface area contributed by atoms with E-state index in [1.54, 1.807) is 35.1 Å². The van der Waals surface area contributed by atoms with Crippen LogP contribution in [-0.2, 0) is 35.1 Å². The molecule has 1 unspecified atom stereocenters. The summed E-state index contributed by atoms with van der Waals surface area (Å²) in [5, 5.41) is 23.0. The molecule has 5 N–H and O–H groups in total. The van der Waals surface area contributed by atoms with Gasteiger partial charge in [0.05, 0.1) is 17.9 Å². The van der Waals surface area contributed by atoms with Gasteiger partial charge in [-0.2, -0.15) is 0 Å². The van der Waals surface area contributed by atoms with Crippen molar-refractivity contribution in [1.29, 1.82) is 0 Å². The molecule has 0 bridgehead atoms. The van der Waals surface area contributed by atoms with E-state index >= 15 is 0 Å². The highest BCUT2D eigenvalue weighted by atomic mass is 16.5. The molecule has 6 rings (SSSR count). The molecule has 0 radical (unpaired) electrons. The number of cyclic esters (lactones) is 1. The molecule has 5 heterocycles. The Bertz CT molecular complexity index is 1680. The number of pyridine rings is 1. The Kier molecular flexibility index (Phi) is 12.4. The van der Waals surface area contributed by atoms with Gasteiger partial charge >= 0.3 is 12.0 Å². The number of ether oxygens (including phenoxy) is 1. The fourth-order valence-corrected chi connectivity index (χ4v) is 7.97. The SMILES string of the molecule is C[C@@H]1C[C@H]2C(=O)OC[C@H](NC(=O)[C@H](Cc3ccccc3)NC(=O)Nc3cccnc3)C(O)N3CCC[C@H]3C(=O)N3CCCC[C@H]3C(=O)N[C@@H](C)C(=O)N2C1. The molecule has 0 saturated carbocycles. The Morgan fingerprint density at radius 3 is 2.48 bits per heavy atom. The summed E-state index contributed by atoms with van der Waals surface area (Å²) >= 11 is 0. The maximum absolute atomic E-state index is 14.2. The third-order valence-electron chi connectivity index (χ3n) is 10.7. The van der Waals surface area contributed by atoms with E-state index in [4.69, 9.17) is 4.74 Å². The molecule has 6 amide bonds. The summed E-state index contributed by atoms with van der Waals surface area (Å²) in [5.74, 6) is -2.62. The van der Waals surface area contributed by atoms with Gasteiger partial charge in [0.1, 0.15) is 43.0 Å². The first kappa shape index (κ1) is 38.6. The number of benzene rings is 1. The second-order valence-corrected chi connectivity index (χ2v) is 14.8. The molecule has 4 saturated heterocycles. The van der Waals surface area contributed by atoms with Gasteiger partial charge in [-0.3, -0.25) is 29.1 Å². The summed E-state index contributed by atoms with van der Waals surface area (Å²) in [6, 6.07) is 5.83. The number of urea groups is 1. The highest BCUT2D eigenvalue weighted by molar-refractivity contribution is 5.95. The van der Waals surface area contributed by atoms with Crippen molar-refractivity contribution >= 4 is 41.3 Å². The maximum Gasteiger partial charge on any atom is 0.328 e. The van der Waals surface area contributed by atoms with Gasteiger partial charge in [-0.25, -0.2) is 9.59 Å². The van der Waals surface area contributed by atoms with Crippen LogP contribution in [0.25, 0.3) is 0 Å². The zero-order valence-electron chi connectivity index (χ0n) is 30.7. The molecule has 16 nitrogen and oxygen atoms in total. The van der Waals surface area contributed by atoms with Crippen LogP contribution >= 0.6 is 0 Å². The monoisotopic (exact) mass is 746 g/mol. The number of aliphatic hydroxyl groups is 1. The number of aliphatic hydroxyl groups excluding tert-OH is 1. The largest absolute Gasteiger partial charge is 0.462 e. The van der Waals surface area contributed by atoms with Crippen molar-refractivity contribution < 1.29 is 38.6 Å². The second-order valence-electron chi connectivity index (χ2n) is 14.8. The quantitative estimate of drug-likeness (QED) is 0.263. The number of hydrogen-bond donors (Lipinski definition) is 5. The topological polar surface area (TPSA) is 203 Å². The Balaban J connectivity index is 1.29. The third-order valence-corrected chi connectivity index (χ3v) is 10.7. The van der Waals surface area contributed by atoms with Crippen LogP contribution < -0.4 is 21.3 Å². The number of piperidine rings is 1. The maximum atomic E-state index is 14.2. The second kappa shape index (κ2) is 17.4. The molecule has 4 aliphatic heterocycles. The van der Waals surface area contributed by atoms with Crippen molar-refractivity contribution in [3.63, 3.8) is 0 Å². The van der Waals surface area contributed by atoms with Crippen molar-refractivity contribution in [3.05, 3.63) is 60.4 Å². The van der Waals surface area contributed by atoms with E-state index in [2.05, 4.69) is 26.3 Å². The minimum absolute atomic E-state index is 0.0305. The van der Waals surface area contributed by atoms with Gasteiger partial charge in [0, 0.05) is 32.3 Å². The normalized spacial score (nSPS) is 28.9. The van der Waals surface area contributed by atoms with Gasteiger partial charge in [0.25, 0.3) is 0 Å². The molecule has 4 aliphatic rings. The number of nitrogens with one attached hydrogen (secondary N) is 4. The Morgan fingerprint density at radius 2 is 1.72 bits per heavy atom. The zero-order valence-corrected chi connectivity index (χ0v) is 30.7. The van der Waals surface area contributed by atoms with Crippen LogP contribution in [0.15, 0.2) is 54.9 Å². The van der Waals surface area contributed by atoms with Crippen molar-refractivity contribution in [2.45, 2.75) is 101 Å². The minimum Gasteiger partial charge on any atom is -0.462 e. The molecule has 0 aliphatic carbocycles. The zero-order chi connectivity index (χ0) is 38.4. The van der Waals surface area contributed by atoms with Gasteiger partial charge in [-0.05, 0) is 69.1 Å². The van der Waals surface area contributed by atoms with Crippen molar-refractivity contribution in [2.75, 3.05) is 31.6 Å². The number of esters is 1. The molecule has 0 spiro atoms. The average molecular weight is 747 g/mol. The Hall–Kier alpha value is -5.09. The summed E-state index contributed by atoms with van der Waals surface area (Å²) < 4.78 is 5.79. The molecule has 4 fully saturated rings. The molecule has 54 heavy (non-hydrogen) atoms. The first-order valence-electron chi connectivity index (χ1n) is 18.8. The van der Waals surface area contributed by atoms with Gasteiger partial charge < -0.3 is 40.9 Å². The summed E-state index contributed by atoms with van der Waals surface area (Å²) in [5.41, 5.74) is 1.17. The number of anilines is 1. The summed E-state index contributed by atoms with van der Waals surface area (Å²) in [6.45, 7) is 3.93. The summed E-state index contributed by atoms with van der Waals surface area (Å²) in [6.07, 6.45) is 4.76. The number of rotatable bonds is 6. The molecule has 2 aromatic rings. The summed E-state index contributed by atoms with van der Waals surface area (Å²) in [4.78, 5) is 91.1. The first-order valence-corrected chi connectivity index (χ1v) is 18.8. The first-order chi connectivity index (χ1) is 26.0. The minimum atomic E-state index is -1.50. The molecular formula is C38H50N8O8. The molecule has 8 atom stereocenters. The lowest BCUT2D eigenvalue weighted by atomic mass is 9.99. The van der Waals surface area contributed by atoms with Crippen LogP contribution in [-0.4, -0.2) is 129 Å². The fourth-order valence-electron chi connectivity index (χ4n) is 7.97. The number of fused-ring (bicyclic) bond motifs is 3. The van der Waals surface area contributed by atoms with Crippen LogP contribution in [0, 0.1) is 5.92 Å². The standard InChI is InChI=1S/C38H50N8O8/c1-23-18-31-37(52)54-22-28(42-32(47)27(19-25-10-4-3-5-11-25)43-38(53)41-26-12-8-15-39-20-26)35(50)45-17-9-14-30(45)36(51)44-16-7-6-13-29(44)33(48)40-24(2)34(49)46(31)21-23/h3-5,8,10-12,15,20,23-24,27-31,35,50H,6-7,9,13-14,16-19,21-22H2,1-2H3,(H,40,48)(H,42,47)(H2,41,43,53)/t23-,24+,27+,28+,29+,30+,31+,35?/m1/s1. The number of hydrogen-bond acceptors (Lipinski definition) is 10. The number of aromatic nitrogens is 1. The predicted octanol–water partition coefficient (Wildman–Crippen LogP) is 0.762. The van der Waals surface area contributed by atoms with Gasteiger partial charge in [-0.1, -0.05) is 37.3 Å². The number of amides is 6. The van der Waals surface area contributed by atoms with E-state index in [9.17, 15) is 33.9 Å². The van der Waals surface area contributed by atoms with E-state index in [0.717, 1.165) is 12.0 Å².